The SMILES string of the molecule is CCn1c(C)nnc1C1CCC(CN)O1. The predicted molar refractivity (Wildman–Crippen MR) is 56.3 cm³/mol. The molecule has 84 valence electrons. The van der Waals surface area contributed by atoms with Crippen molar-refractivity contribution in [2.24, 2.45) is 5.73 Å². The molecule has 1 aliphatic heterocycles. The van der Waals surface area contributed by atoms with Gasteiger partial charge in [-0.1, -0.05) is 0 Å². The number of nitrogens with two attached hydrogens (primary N) is 1. The summed E-state index contributed by atoms with van der Waals surface area (Å²) in [6, 6.07) is 0. The van der Waals surface area contributed by atoms with E-state index in [-0.39, 0.29) is 12.2 Å². The van der Waals surface area contributed by atoms with Gasteiger partial charge in [0, 0.05) is 13.1 Å². The number of aromatic nitrogens is 3. The fourth-order valence-electron chi connectivity index (χ4n) is 2.10. The van der Waals surface area contributed by atoms with Crippen molar-refractivity contribution in [3.05, 3.63) is 11.6 Å². The first-order valence-electron chi connectivity index (χ1n) is 5.51. The van der Waals surface area contributed by atoms with Gasteiger partial charge < -0.3 is 15.0 Å². The summed E-state index contributed by atoms with van der Waals surface area (Å²) in [4.78, 5) is 0. The quantitative estimate of drug-likeness (QED) is 0.800. The van der Waals surface area contributed by atoms with Gasteiger partial charge >= 0.3 is 0 Å². The Kier molecular flexibility index (Phi) is 3.02. The molecule has 2 rings (SSSR count). The lowest BCUT2D eigenvalue weighted by Gasteiger charge is -2.12. The molecule has 5 heteroatoms. The lowest BCUT2D eigenvalue weighted by Crippen LogP contribution is -2.19. The van der Waals surface area contributed by atoms with Crippen LogP contribution in [0.5, 0.6) is 0 Å². The molecule has 0 aliphatic carbocycles. The van der Waals surface area contributed by atoms with Crippen molar-refractivity contribution < 1.29 is 4.74 Å². The molecule has 5 nitrogen and oxygen atoms in total. The van der Waals surface area contributed by atoms with E-state index in [0.29, 0.717) is 6.54 Å². The summed E-state index contributed by atoms with van der Waals surface area (Å²) in [6.45, 7) is 5.54. The van der Waals surface area contributed by atoms with Gasteiger partial charge in [0.25, 0.3) is 0 Å². The van der Waals surface area contributed by atoms with Gasteiger partial charge in [-0.25, -0.2) is 0 Å². The van der Waals surface area contributed by atoms with Crippen LogP contribution in [0.2, 0.25) is 0 Å². The summed E-state index contributed by atoms with van der Waals surface area (Å²) < 4.78 is 7.90. The first-order chi connectivity index (χ1) is 7.26. The maximum Gasteiger partial charge on any atom is 0.162 e. The van der Waals surface area contributed by atoms with E-state index >= 15 is 0 Å². The van der Waals surface area contributed by atoms with Gasteiger partial charge in [-0.05, 0) is 26.7 Å². The van der Waals surface area contributed by atoms with E-state index in [1.54, 1.807) is 0 Å². The van der Waals surface area contributed by atoms with Crippen LogP contribution in [0.3, 0.4) is 0 Å². The zero-order valence-electron chi connectivity index (χ0n) is 9.31. The molecule has 0 spiro atoms. The van der Waals surface area contributed by atoms with E-state index in [4.69, 9.17) is 10.5 Å². The summed E-state index contributed by atoms with van der Waals surface area (Å²) in [5, 5.41) is 8.27. The van der Waals surface area contributed by atoms with Crippen LogP contribution in [0.1, 0.15) is 37.5 Å². The maximum atomic E-state index is 5.80. The molecule has 1 aromatic rings. The number of hydrogen-bond donors (Lipinski definition) is 1. The van der Waals surface area contributed by atoms with E-state index in [0.717, 1.165) is 31.0 Å². The molecule has 1 fully saturated rings. The van der Waals surface area contributed by atoms with E-state index in [1.165, 1.54) is 0 Å². The Balaban J connectivity index is 2.16. The normalized spacial score (nSPS) is 26.1. The molecule has 2 atom stereocenters. The number of ether oxygens (including phenoxy) is 1. The summed E-state index contributed by atoms with van der Waals surface area (Å²) in [7, 11) is 0. The lowest BCUT2D eigenvalue weighted by molar-refractivity contribution is 0.0425. The molecular weight excluding hydrogens is 192 g/mol. The summed E-state index contributed by atoms with van der Waals surface area (Å²) in [5.74, 6) is 1.90. The fraction of sp³-hybridized carbons (Fsp3) is 0.800. The van der Waals surface area contributed by atoms with Crippen LogP contribution in [-0.4, -0.2) is 27.4 Å². The molecule has 1 saturated heterocycles. The van der Waals surface area contributed by atoms with Crippen LogP contribution in [0.25, 0.3) is 0 Å². The molecule has 2 heterocycles. The molecule has 2 unspecified atom stereocenters. The summed E-state index contributed by atoms with van der Waals surface area (Å²) >= 11 is 0. The fourth-order valence-corrected chi connectivity index (χ4v) is 2.10. The Bertz CT molecular complexity index is 336. The minimum absolute atomic E-state index is 0.0831. The van der Waals surface area contributed by atoms with Gasteiger partial charge in [0.1, 0.15) is 11.9 Å². The average Bonchev–Trinajstić information content (AvgIpc) is 2.83. The Hall–Kier alpha value is -0.940. The maximum absolute atomic E-state index is 5.80. The topological polar surface area (TPSA) is 66.0 Å². The minimum Gasteiger partial charge on any atom is -0.366 e. The Morgan fingerprint density at radius 2 is 2.27 bits per heavy atom. The zero-order valence-corrected chi connectivity index (χ0v) is 9.31. The highest BCUT2D eigenvalue weighted by Gasteiger charge is 2.29. The number of aryl methyl sites for hydroxylation is 1. The average molecular weight is 210 g/mol. The van der Waals surface area contributed by atoms with Gasteiger partial charge in [-0.15, -0.1) is 10.2 Å². The third kappa shape index (κ3) is 1.89. The van der Waals surface area contributed by atoms with Gasteiger partial charge in [0.2, 0.25) is 0 Å². The van der Waals surface area contributed by atoms with Crippen molar-refractivity contribution in [3.8, 4) is 0 Å². The Labute approximate surface area is 89.6 Å². The van der Waals surface area contributed by atoms with Crippen LogP contribution >= 0.6 is 0 Å². The van der Waals surface area contributed by atoms with Crippen molar-refractivity contribution in [3.63, 3.8) is 0 Å². The largest absolute Gasteiger partial charge is 0.366 e. The van der Waals surface area contributed by atoms with Crippen molar-refractivity contribution in [1.82, 2.24) is 14.8 Å². The molecule has 1 aromatic heterocycles. The summed E-state index contributed by atoms with van der Waals surface area (Å²) in [6.07, 6.45) is 2.30. The second-order valence-corrected chi connectivity index (χ2v) is 3.91. The molecule has 0 radical (unpaired) electrons. The first kappa shape index (κ1) is 10.6. The number of rotatable bonds is 3. The molecule has 0 aromatic carbocycles. The molecular formula is C10H18N4O. The molecule has 2 N–H and O–H groups in total. The van der Waals surface area contributed by atoms with Gasteiger partial charge in [-0.3, -0.25) is 0 Å². The Morgan fingerprint density at radius 3 is 2.87 bits per heavy atom. The van der Waals surface area contributed by atoms with Crippen LogP contribution in [0.15, 0.2) is 0 Å². The van der Waals surface area contributed by atoms with Gasteiger partial charge in [0.15, 0.2) is 5.82 Å². The van der Waals surface area contributed by atoms with E-state index in [1.807, 2.05) is 6.92 Å². The van der Waals surface area contributed by atoms with Crippen LogP contribution in [-0.2, 0) is 11.3 Å². The van der Waals surface area contributed by atoms with Crippen molar-refractivity contribution in [2.45, 2.75) is 45.4 Å². The number of hydrogen-bond acceptors (Lipinski definition) is 4. The molecule has 0 bridgehead atoms. The highest BCUT2D eigenvalue weighted by molar-refractivity contribution is 5.00. The minimum atomic E-state index is 0.0831. The van der Waals surface area contributed by atoms with E-state index in [9.17, 15) is 0 Å². The van der Waals surface area contributed by atoms with Crippen molar-refractivity contribution >= 4 is 0 Å². The van der Waals surface area contributed by atoms with Crippen LogP contribution in [0, 0.1) is 6.92 Å². The number of nitrogens with zero attached hydrogens (tertiary/aromatic N) is 3. The van der Waals surface area contributed by atoms with E-state index < -0.39 is 0 Å². The highest BCUT2D eigenvalue weighted by Crippen LogP contribution is 2.31. The summed E-state index contributed by atoms with van der Waals surface area (Å²) in [5.41, 5.74) is 5.58. The van der Waals surface area contributed by atoms with Crippen molar-refractivity contribution in [1.29, 1.82) is 0 Å². The van der Waals surface area contributed by atoms with Gasteiger partial charge in [-0.2, -0.15) is 0 Å². The lowest BCUT2D eigenvalue weighted by atomic mass is 10.2. The third-order valence-electron chi connectivity index (χ3n) is 2.94. The Morgan fingerprint density at radius 1 is 1.47 bits per heavy atom. The van der Waals surface area contributed by atoms with Gasteiger partial charge in [0.05, 0.1) is 6.10 Å². The standard InChI is InChI=1S/C10H18N4O/c1-3-14-7(2)12-13-10(14)9-5-4-8(6-11)15-9/h8-9H,3-6,11H2,1-2H3. The smallest absolute Gasteiger partial charge is 0.162 e. The van der Waals surface area contributed by atoms with E-state index in [2.05, 4.69) is 21.7 Å². The molecule has 1 aliphatic rings. The van der Waals surface area contributed by atoms with Crippen LogP contribution in [0.4, 0.5) is 0 Å². The second kappa shape index (κ2) is 4.28. The molecule has 0 amide bonds. The van der Waals surface area contributed by atoms with Crippen molar-refractivity contribution in [2.75, 3.05) is 6.54 Å². The first-order valence-corrected chi connectivity index (χ1v) is 5.51. The molecule has 0 saturated carbocycles. The predicted octanol–water partition coefficient (Wildman–Crippen LogP) is 0.785. The highest BCUT2D eigenvalue weighted by atomic mass is 16.5. The third-order valence-corrected chi connectivity index (χ3v) is 2.94. The van der Waals surface area contributed by atoms with Crippen LogP contribution < -0.4 is 5.73 Å². The second-order valence-electron chi connectivity index (χ2n) is 3.91. The monoisotopic (exact) mass is 210 g/mol. The molecule has 15 heavy (non-hydrogen) atoms. The zero-order chi connectivity index (χ0) is 10.8.